The van der Waals surface area contributed by atoms with Crippen LogP contribution in [0.3, 0.4) is 0 Å². The van der Waals surface area contributed by atoms with Crippen LogP contribution < -0.4 is 0 Å². The Morgan fingerprint density at radius 1 is 0.952 bits per heavy atom. The van der Waals surface area contributed by atoms with Crippen molar-refractivity contribution in [3.05, 3.63) is 53.5 Å². The van der Waals surface area contributed by atoms with Gasteiger partial charge >= 0.3 is 0 Å². The average molecular weight is 284 g/mol. The van der Waals surface area contributed by atoms with E-state index in [1.165, 1.54) is 0 Å². The molecule has 3 aromatic rings. The number of aromatic nitrogens is 2. The first kappa shape index (κ1) is 15.2. The Labute approximate surface area is 125 Å². The number of hydrogen-bond donors (Lipinski definition) is 0. The number of rotatable bonds is 1. The quantitative estimate of drug-likeness (QED) is 0.613. The monoisotopic (exact) mass is 284 g/mol. The van der Waals surface area contributed by atoms with E-state index in [0.717, 1.165) is 27.6 Å². The molecular formula is C18H21FN2. The Morgan fingerprint density at radius 3 is 2.33 bits per heavy atom. The molecule has 110 valence electrons. The standard InChI is InChI=1S/C16H15FN2.C2H6/c1-10-4-5-12(8-15(10)17)13-6-11(2)16-14(7-13)9-19(3)18-16;1-2/h4-9H,1-3H3;1-2H3. The van der Waals surface area contributed by atoms with Gasteiger partial charge in [0.05, 0.1) is 5.52 Å². The van der Waals surface area contributed by atoms with Crippen molar-refractivity contribution in [1.82, 2.24) is 9.78 Å². The molecule has 0 aliphatic heterocycles. The van der Waals surface area contributed by atoms with Crippen LogP contribution in [0.25, 0.3) is 22.0 Å². The molecular weight excluding hydrogens is 263 g/mol. The molecule has 0 unspecified atom stereocenters. The van der Waals surface area contributed by atoms with Gasteiger partial charge < -0.3 is 0 Å². The fourth-order valence-corrected chi connectivity index (χ4v) is 2.37. The highest BCUT2D eigenvalue weighted by Crippen LogP contribution is 2.27. The second-order valence-electron chi connectivity index (χ2n) is 5.00. The molecule has 0 aliphatic rings. The minimum atomic E-state index is -0.165. The fraction of sp³-hybridized carbons (Fsp3) is 0.278. The first-order valence-electron chi connectivity index (χ1n) is 7.25. The van der Waals surface area contributed by atoms with Crippen LogP contribution in [0.15, 0.2) is 36.5 Å². The van der Waals surface area contributed by atoms with E-state index in [0.29, 0.717) is 5.56 Å². The molecule has 0 atom stereocenters. The molecule has 0 saturated carbocycles. The van der Waals surface area contributed by atoms with E-state index in [-0.39, 0.29) is 5.82 Å². The van der Waals surface area contributed by atoms with Crippen LogP contribution in [-0.2, 0) is 7.05 Å². The van der Waals surface area contributed by atoms with Gasteiger partial charge in [0.2, 0.25) is 0 Å². The van der Waals surface area contributed by atoms with Gasteiger partial charge in [-0.15, -0.1) is 0 Å². The van der Waals surface area contributed by atoms with Crippen LogP contribution in [-0.4, -0.2) is 9.78 Å². The van der Waals surface area contributed by atoms with Crippen LogP contribution >= 0.6 is 0 Å². The zero-order chi connectivity index (χ0) is 15.6. The minimum absolute atomic E-state index is 0.165. The van der Waals surface area contributed by atoms with Crippen molar-refractivity contribution < 1.29 is 4.39 Å². The molecule has 21 heavy (non-hydrogen) atoms. The normalized spacial score (nSPS) is 10.4. The number of fused-ring (bicyclic) bond motifs is 1. The third-order valence-electron chi connectivity index (χ3n) is 3.42. The number of benzene rings is 2. The number of nitrogens with zero attached hydrogens (tertiary/aromatic N) is 2. The molecule has 0 radical (unpaired) electrons. The second-order valence-corrected chi connectivity index (χ2v) is 5.00. The molecule has 1 heterocycles. The number of hydrogen-bond acceptors (Lipinski definition) is 1. The molecule has 0 aliphatic carbocycles. The van der Waals surface area contributed by atoms with Gasteiger partial charge in [0.25, 0.3) is 0 Å². The highest BCUT2D eigenvalue weighted by Gasteiger charge is 2.07. The highest BCUT2D eigenvalue weighted by molar-refractivity contribution is 5.87. The third-order valence-corrected chi connectivity index (χ3v) is 3.42. The number of halogens is 1. The fourth-order valence-electron chi connectivity index (χ4n) is 2.37. The molecule has 2 nitrogen and oxygen atoms in total. The van der Waals surface area contributed by atoms with Gasteiger partial charge in [0.15, 0.2) is 0 Å². The van der Waals surface area contributed by atoms with Crippen molar-refractivity contribution in [3.63, 3.8) is 0 Å². The Morgan fingerprint density at radius 2 is 1.67 bits per heavy atom. The molecule has 3 heteroatoms. The molecule has 0 amide bonds. The Hall–Kier alpha value is -2.16. The molecule has 1 aromatic heterocycles. The summed E-state index contributed by atoms with van der Waals surface area (Å²) in [6.07, 6.45) is 1.98. The summed E-state index contributed by atoms with van der Waals surface area (Å²) in [5.74, 6) is -0.165. The van der Waals surface area contributed by atoms with Gasteiger partial charge in [-0.05, 0) is 54.3 Å². The van der Waals surface area contributed by atoms with Crippen molar-refractivity contribution in [1.29, 1.82) is 0 Å². The maximum absolute atomic E-state index is 13.7. The third kappa shape index (κ3) is 2.97. The first-order chi connectivity index (χ1) is 10.0. The van der Waals surface area contributed by atoms with E-state index in [2.05, 4.69) is 17.2 Å². The number of aryl methyl sites for hydroxylation is 3. The lowest BCUT2D eigenvalue weighted by molar-refractivity contribution is 0.619. The van der Waals surface area contributed by atoms with Crippen molar-refractivity contribution in [2.75, 3.05) is 0 Å². The zero-order valence-corrected chi connectivity index (χ0v) is 13.2. The summed E-state index contributed by atoms with van der Waals surface area (Å²) < 4.78 is 15.5. The van der Waals surface area contributed by atoms with Crippen LogP contribution in [0.2, 0.25) is 0 Å². The van der Waals surface area contributed by atoms with Crippen LogP contribution in [0.5, 0.6) is 0 Å². The van der Waals surface area contributed by atoms with Gasteiger partial charge in [0, 0.05) is 18.6 Å². The SMILES string of the molecule is CC.Cc1ccc(-c2cc(C)c3nn(C)cc3c2)cc1F. The predicted molar refractivity (Wildman–Crippen MR) is 86.9 cm³/mol. The van der Waals surface area contributed by atoms with E-state index in [1.807, 2.05) is 46.1 Å². The van der Waals surface area contributed by atoms with Crippen molar-refractivity contribution >= 4 is 10.9 Å². The average Bonchev–Trinajstić information content (AvgIpc) is 2.85. The van der Waals surface area contributed by atoms with E-state index < -0.39 is 0 Å². The van der Waals surface area contributed by atoms with Crippen molar-refractivity contribution in [3.8, 4) is 11.1 Å². The van der Waals surface area contributed by atoms with Crippen LogP contribution in [0, 0.1) is 19.7 Å². The van der Waals surface area contributed by atoms with E-state index >= 15 is 0 Å². The molecule has 0 spiro atoms. The molecule has 0 fully saturated rings. The second kappa shape index (κ2) is 6.08. The smallest absolute Gasteiger partial charge is 0.126 e. The summed E-state index contributed by atoms with van der Waals surface area (Å²) in [6.45, 7) is 7.80. The maximum atomic E-state index is 13.7. The van der Waals surface area contributed by atoms with Gasteiger partial charge in [0.1, 0.15) is 5.82 Å². The zero-order valence-electron chi connectivity index (χ0n) is 13.2. The van der Waals surface area contributed by atoms with Crippen molar-refractivity contribution in [2.24, 2.45) is 7.05 Å². The Balaban J connectivity index is 0.000000774. The summed E-state index contributed by atoms with van der Waals surface area (Å²) in [7, 11) is 1.91. The van der Waals surface area contributed by atoms with E-state index in [9.17, 15) is 4.39 Å². The van der Waals surface area contributed by atoms with Crippen molar-refractivity contribution in [2.45, 2.75) is 27.7 Å². The predicted octanol–water partition coefficient (Wildman–Crippen LogP) is 5.02. The van der Waals surface area contributed by atoms with Gasteiger partial charge in [-0.2, -0.15) is 5.10 Å². The van der Waals surface area contributed by atoms with E-state index in [4.69, 9.17) is 0 Å². The topological polar surface area (TPSA) is 17.8 Å². The summed E-state index contributed by atoms with van der Waals surface area (Å²) in [6, 6.07) is 9.47. The van der Waals surface area contributed by atoms with Gasteiger partial charge in [-0.3, -0.25) is 4.68 Å². The van der Waals surface area contributed by atoms with E-state index in [1.54, 1.807) is 17.7 Å². The molecule has 3 rings (SSSR count). The maximum Gasteiger partial charge on any atom is 0.126 e. The highest BCUT2D eigenvalue weighted by atomic mass is 19.1. The lowest BCUT2D eigenvalue weighted by atomic mass is 10.00. The molecule has 0 bridgehead atoms. The van der Waals surface area contributed by atoms with Gasteiger partial charge in [-0.25, -0.2) is 4.39 Å². The largest absolute Gasteiger partial charge is 0.275 e. The lowest BCUT2D eigenvalue weighted by Crippen LogP contribution is -1.87. The molecule has 2 aromatic carbocycles. The summed E-state index contributed by atoms with van der Waals surface area (Å²) >= 11 is 0. The Bertz CT molecular complexity index is 772. The summed E-state index contributed by atoms with van der Waals surface area (Å²) in [4.78, 5) is 0. The summed E-state index contributed by atoms with van der Waals surface area (Å²) in [5, 5.41) is 5.50. The minimum Gasteiger partial charge on any atom is -0.275 e. The molecule has 0 N–H and O–H groups in total. The first-order valence-corrected chi connectivity index (χ1v) is 7.25. The van der Waals surface area contributed by atoms with Crippen LogP contribution in [0.1, 0.15) is 25.0 Å². The van der Waals surface area contributed by atoms with Crippen LogP contribution in [0.4, 0.5) is 4.39 Å². The molecule has 0 saturated heterocycles. The Kier molecular flexibility index (Phi) is 4.41. The van der Waals surface area contributed by atoms with Gasteiger partial charge in [-0.1, -0.05) is 26.0 Å². The summed E-state index contributed by atoms with van der Waals surface area (Å²) in [5.41, 5.74) is 4.70. The lowest BCUT2D eigenvalue weighted by Gasteiger charge is -2.05.